The number of anilines is 1. The largest absolute Gasteiger partial charge is 0.348 e. The molecule has 2 amide bonds. The highest BCUT2D eigenvalue weighted by Crippen LogP contribution is 2.20. The molecule has 128 valence electrons. The Labute approximate surface area is 141 Å². The number of benzene rings is 1. The summed E-state index contributed by atoms with van der Waals surface area (Å²) in [6.07, 6.45) is 3.05. The van der Waals surface area contributed by atoms with Crippen molar-refractivity contribution in [3.8, 4) is 0 Å². The molecule has 1 heterocycles. The molecule has 0 aliphatic heterocycles. The Kier molecular flexibility index (Phi) is 5.33. The first-order valence-electron chi connectivity index (χ1n) is 7.81. The van der Waals surface area contributed by atoms with Gasteiger partial charge in [0.15, 0.2) is 0 Å². The molecule has 0 unspecified atom stereocenters. The second kappa shape index (κ2) is 7.25. The fourth-order valence-electron chi connectivity index (χ4n) is 2.05. The average molecular weight is 329 g/mol. The van der Waals surface area contributed by atoms with E-state index in [0.717, 1.165) is 0 Å². The minimum atomic E-state index is -0.538. The van der Waals surface area contributed by atoms with Gasteiger partial charge in [-0.15, -0.1) is 0 Å². The molecule has 1 atom stereocenters. The Hall–Kier alpha value is -2.70. The molecule has 0 bridgehead atoms. The summed E-state index contributed by atoms with van der Waals surface area (Å²) in [5.41, 5.74) is 0.396. The van der Waals surface area contributed by atoms with E-state index in [0.29, 0.717) is 17.8 Å². The first kappa shape index (κ1) is 17.7. The number of carbonyl (C=O) groups excluding carboxylic acids is 2. The number of nitrogens with zero attached hydrogens (tertiary/aromatic N) is 3. The number of nitrogens with one attached hydrogen (secondary N) is 2. The van der Waals surface area contributed by atoms with Crippen molar-refractivity contribution in [1.82, 2.24) is 20.1 Å². The molecule has 1 aromatic heterocycles. The molecule has 0 aliphatic carbocycles. The molecule has 2 aromatic rings. The average Bonchev–Trinajstić information content (AvgIpc) is 2.99. The van der Waals surface area contributed by atoms with E-state index in [1.807, 2.05) is 27.7 Å². The highest BCUT2D eigenvalue weighted by molar-refractivity contribution is 6.04. The van der Waals surface area contributed by atoms with Crippen molar-refractivity contribution in [2.45, 2.75) is 40.3 Å². The zero-order chi connectivity index (χ0) is 17.7. The van der Waals surface area contributed by atoms with Crippen molar-refractivity contribution in [1.29, 1.82) is 0 Å². The van der Waals surface area contributed by atoms with Crippen LogP contribution in [0.1, 0.15) is 38.1 Å². The van der Waals surface area contributed by atoms with Crippen molar-refractivity contribution in [3.05, 3.63) is 42.5 Å². The first-order valence-corrected chi connectivity index (χ1v) is 7.81. The van der Waals surface area contributed by atoms with E-state index in [9.17, 15) is 9.59 Å². The summed E-state index contributed by atoms with van der Waals surface area (Å²) in [4.78, 5) is 28.6. The van der Waals surface area contributed by atoms with Crippen LogP contribution in [0.4, 0.5) is 5.69 Å². The van der Waals surface area contributed by atoms with Crippen LogP contribution in [-0.2, 0) is 11.3 Å². The highest BCUT2D eigenvalue weighted by Gasteiger charge is 2.23. The Morgan fingerprint density at radius 1 is 1.25 bits per heavy atom. The van der Waals surface area contributed by atoms with Crippen LogP contribution >= 0.6 is 0 Å². The van der Waals surface area contributed by atoms with Crippen molar-refractivity contribution in [2.24, 2.45) is 5.41 Å². The van der Waals surface area contributed by atoms with E-state index in [4.69, 9.17) is 0 Å². The van der Waals surface area contributed by atoms with Crippen LogP contribution in [0.5, 0.6) is 0 Å². The van der Waals surface area contributed by atoms with E-state index in [1.54, 1.807) is 35.3 Å². The van der Waals surface area contributed by atoms with Gasteiger partial charge in [0, 0.05) is 11.5 Å². The third-order valence-corrected chi connectivity index (χ3v) is 3.41. The summed E-state index contributed by atoms with van der Waals surface area (Å²) < 4.78 is 1.65. The molecular formula is C17H23N5O2. The molecule has 0 spiro atoms. The molecule has 0 radical (unpaired) electrons. The van der Waals surface area contributed by atoms with E-state index >= 15 is 0 Å². The molecular weight excluding hydrogens is 306 g/mol. The van der Waals surface area contributed by atoms with Crippen molar-refractivity contribution in [3.63, 3.8) is 0 Å². The second-order valence-corrected chi connectivity index (χ2v) is 6.74. The lowest BCUT2D eigenvalue weighted by atomic mass is 9.95. The molecule has 7 heteroatoms. The third-order valence-electron chi connectivity index (χ3n) is 3.41. The molecule has 0 aliphatic rings. The maximum atomic E-state index is 12.5. The van der Waals surface area contributed by atoms with Gasteiger partial charge in [0.2, 0.25) is 5.91 Å². The summed E-state index contributed by atoms with van der Waals surface area (Å²) in [6.45, 7) is 7.87. The maximum absolute atomic E-state index is 12.5. The molecule has 1 aromatic carbocycles. The predicted molar refractivity (Wildman–Crippen MR) is 91.5 cm³/mol. The van der Waals surface area contributed by atoms with Gasteiger partial charge in [-0.1, -0.05) is 32.9 Å². The Morgan fingerprint density at radius 3 is 2.58 bits per heavy atom. The summed E-state index contributed by atoms with van der Waals surface area (Å²) in [6, 6.07) is 6.83. The standard InChI is InChI=1S/C17H23N5O2/c1-12(9-22-11-18-10-19-22)20-15(23)13-7-5-6-8-14(13)21-16(24)17(2,3)4/h5-8,10-12H,9H2,1-4H3,(H,20,23)(H,21,24)/t12-/m0/s1. The van der Waals surface area contributed by atoms with Crippen LogP contribution < -0.4 is 10.6 Å². The van der Waals surface area contributed by atoms with Crippen LogP contribution in [0, 0.1) is 5.41 Å². The number of amides is 2. The zero-order valence-corrected chi connectivity index (χ0v) is 14.4. The van der Waals surface area contributed by atoms with Gasteiger partial charge in [0.1, 0.15) is 12.7 Å². The topological polar surface area (TPSA) is 88.9 Å². The Bertz CT molecular complexity index is 704. The SMILES string of the molecule is C[C@@H](Cn1cncn1)NC(=O)c1ccccc1NC(=O)C(C)(C)C. The van der Waals surface area contributed by atoms with E-state index in [2.05, 4.69) is 20.7 Å². The molecule has 2 N–H and O–H groups in total. The number of aromatic nitrogens is 3. The normalized spacial score (nSPS) is 12.5. The van der Waals surface area contributed by atoms with Crippen LogP contribution in [0.15, 0.2) is 36.9 Å². The van der Waals surface area contributed by atoms with Gasteiger partial charge in [0.05, 0.1) is 17.8 Å². The molecule has 7 nitrogen and oxygen atoms in total. The van der Waals surface area contributed by atoms with Gasteiger partial charge in [-0.3, -0.25) is 14.3 Å². The smallest absolute Gasteiger partial charge is 0.253 e. The fraction of sp³-hybridized carbons (Fsp3) is 0.412. The summed E-state index contributed by atoms with van der Waals surface area (Å²) >= 11 is 0. The predicted octanol–water partition coefficient (Wildman–Crippen LogP) is 2.08. The van der Waals surface area contributed by atoms with Crippen molar-refractivity contribution < 1.29 is 9.59 Å². The minimum Gasteiger partial charge on any atom is -0.348 e. The Balaban J connectivity index is 2.07. The van der Waals surface area contributed by atoms with Crippen molar-refractivity contribution >= 4 is 17.5 Å². The third kappa shape index (κ3) is 4.65. The molecule has 24 heavy (non-hydrogen) atoms. The summed E-state index contributed by atoms with van der Waals surface area (Å²) in [7, 11) is 0. The summed E-state index contributed by atoms with van der Waals surface area (Å²) in [5, 5.41) is 9.75. The lowest BCUT2D eigenvalue weighted by Crippen LogP contribution is -2.36. The van der Waals surface area contributed by atoms with Crippen LogP contribution in [0.25, 0.3) is 0 Å². The van der Waals surface area contributed by atoms with Gasteiger partial charge in [-0.05, 0) is 19.1 Å². The van der Waals surface area contributed by atoms with Crippen LogP contribution in [0.3, 0.4) is 0 Å². The van der Waals surface area contributed by atoms with E-state index in [1.165, 1.54) is 6.33 Å². The van der Waals surface area contributed by atoms with Gasteiger partial charge < -0.3 is 10.6 Å². The van der Waals surface area contributed by atoms with Crippen LogP contribution in [0.2, 0.25) is 0 Å². The number of hydrogen-bond acceptors (Lipinski definition) is 4. The minimum absolute atomic E-state index is 0.134. The first-order chi connectivity index (χ1) is 11.3. The Morgan fingerprint density at radius 2 is 1.96 bits per heavy atom. The van der Waals surface area contributed by atoms with Gasteiger partial charge in [0.25, 0.3) is 5.91 Å². The fourth-order valence-corrected chi connectivity index (χ4v) is 2.05. The lowest BCUT2D eigenvalue weighted by molar-refractivity contribution is -0.123. The number of para-hydroxylation sites is 1. The second-order valence-electron chi connectivity index (χ2n) is 6.74. The maximum Gasteiger partial charge on any atom is 0.253 e. The number of carbonyl (C=O) groups is 2. The van der Waals surface area contributed by atoms with Gasteiger partial charge >= 0.3 is 0 Å². The lowest BCUT2D eigenvalue weighted by Gasteiger charge is -2.20. The molecule has 0 saturated heterocycles. The molecule has 0 saturated carbocycles. The number of rotatable bonds is 5. The zero-order valence-electron chi connectivity index (χ0n) is 14.4. The highest BCUT2D eigenvalue weighted by atomic mass is 16.2. The quantitative estimate of drug-likeness (QED) is 0.879. The molecule has 2 rings (SSSR count). The van der Waals surface area contributed by atoms with Crippen molar-refractivity contribution in [2.75, 3.05) is 5.32 Å². The summed E-state index contributed by atoms with van der Waals surface area (Å²) in [5.74, 6) is -0.383. The van der Waals surface area contributed by atoms with Crippen LogP contribution in [-0.4, -0.2) is 32.6 Å². The molecule has 0 fully saturated rings. The van der Waals surface area contributed by atoms with E-state index in [-0.39, 0.29) is 17.9 Å². The van der Waals surface area contributed by atoms with Gasteiger partial charge in [-0.2, -0.15) is 5.10 Å². The van der Waals surface area contributed by atoms with Gasteiger partial charge in [-0.25, -0.2) is 4.98 Å². The van der Waals surface area contributed by atoms with E-state index < -0.39 is 5.41 Å². The number of hydrogen-bond donors (Lipinski definition) is 2. The monoisotopic (exact) mass is 329 g/mol.